The lowest BCUT2D eigenvalue weighted by atomic mass is 9.45. The molecule has 4 aliphatic carbocycles. The Bertz CT molecular complexity index is 528. The summed E-state index contributed by atoms with van der Waals surface area (Å²) in [6.07, 6.45) is 10.0. The molecule has 3 heteroatoms. The van der Waals surface area contributed by atoms with E-state index in [0.717, 1.165) is 49.7 Å². The minimum absolute atomic E-state index is 0.00323. The SMILES string of the molecule is C[C@]12CCC(=NO)CC1CC[C@@H]1[C@@H]2CC[C@]2(C)C(=O)CC[C@@H]12. The number of fused-ring (bicyclic) bond motifs is 5. The van der Waals surface area contributed by atoms with Crippen molar-refractivity contribution in [1.29, 1.82) is 0 Å². The first-order chi connectivity index (χ1) is 10.5. The van der Waals surface area contributed by atoms with Gasteiger partial charge in [0.1, 0.15) is 5.78 Å². The van der Waals surface area contributed by atoms with Crippen molar-refractivity contribution in [3.05, 3.63) is 0 Å². The molecule has 3 nitrogen and oxygen atoms in total. The van der Waals surface area contributed by atoms with E-state index in [1.54, 1.807) is 0 Å². The van der Waals surface area contributed by atoms with Gasteiger partial charge in [-0.25, -0.2) is 0 Å². The van der Waals surface area contributed by atoms with Crippen molar-refractivity contribution in [2.45, 2.75) is 71.6 Å². The highest BCUT2D eigenvalue weighted by atomic mass is 16.4. The molecule has 0 aromatic heterocycles. The van der Waals surface area contributed by atoms with Crippen LogP contribution < -0.4 is 0 Å². The van der Waals surface area contributed by atoms with Gasteiger partial charge >= 0.3 is 0 Å². The Labute approximate surface area is 133 Å². The number of rotatable bonds is 0. The largest absolute Gasteiger partial charge is 0.411 e. The molecule has 0 aromatic rings. The maximum Gasteiger partial charge on any atom is 0.139 e. The van der Waals surface area contributed by atoms with Gasteiger partial charge in [0, 0.05) is 11.8 Å². The van der Waals surface area contributed by atoms with Gasteiger partial charge in [-0.3, -0.25) is 4.79 Å². The summed E-state index contributed by atoms with van der Waals surface area (Å²) in [4.78, 5) is 12.4. The molecule has 0 radical (unpaired) electrons. The lowest BCUT2D eigenvalue weighted by Crippen LogP contribution is -2.53. The summed E-state index contributed by atoms with van der Waals surface area (Å²) in [6.45, 7) is 4.76. The Hall–Kier alpha value is -0.860. The van der Waals surface area contributed by atoms with Crippen LogP contribution in [0.2, 0.25) is 0 Å². The van der Waals surface area contributed by atoms with Crippen molar-refractivity contribution >= 4 is 11.5 Å². The minimum atomic E-state index is -0.00323. The molecule has 4 fully saturated rings. The number of ketones is 1. The van der Waals surface area contributed by atoms with Crippen LogP contribution in [-0.2, 0) is 4.79 Å². The van der Waals surface area contributed by atoms with Gasteiger partial charge in [-0.15, -0.1) is 0 Å². The van der Waals surface area contributed by atoms with Gasteiger partial charge in [-0.2, -0.15) is 0 Å². The summed E-state index contributed by atoms with van der Waals surface area (Å²) in [5, 5.41) is 12.7. The fraction of sp³-hybridized carbons (Fsp3) is 0.895. The number of carbonyl (C=O) groups excluding carboxylic acids is 1. The fourth-order valence-electron chi connectivity index (χ4n) is 6.92. The van der Waals surface area contributed by atoms with Crippen molar-refractivity contribution in [1.82, 2.24) is 0 Å². The minimum Gasteiger partial charge on any atom is -0.411 e. The first-order valence-corrected chi connectivity index (χ1v) is 9.22. The maximum absolute atomic E-state index is 12.4. The van der Waals surface area contributed by atoms with Crippen molar-refractivity contribution in [3.8, 4) is 0 Å². The number of hydrogen-bond donors (Lipinski definition) is 1. The summed E-state index contributed by atoms with van der Waals surface area (Å²) in [5.41, 5.74) is 1.42. The highest BCUT2D eigenvalue weighted by molar-refractivity contribution is 5.87. The van der Waals surface area contributed by atoms with Crippen molar-refractivity contribution in [2.75, 3.05) is 0 Å². The Morgan fingerprint density at radius 2 is 1.86 bits per heavy atom. The summed E-state index contributed by atoms with van der Waals surface area (Å²) in [7, 11) is 0. The normalized spacial score (nSPS) is 53.0. The van der Waals surface area contributed by atoms with E-state index >= 15 is 0 Å². The van der Waals surface area contributed by atoms with Crippen LogP contribution in [0, 0.1) is 34.5 Å². The molecule has 0 heterocycles. The highest BCUT2D eigenvalue weighted by Gasteiger charge is 2.59. The number of Topliss-reactive ketones (excluding diaryl/α,β-unsaturated/α-hetero) is 1. The maximum atomic E-state index is 12.4. The van der Waals surface area contributed by atoms with Crippen molar-refractivity contribution < 1.29 is 10.0 Å². The standard InChI is InChI=1S/C19H29NO2/c1-18-9-7-13(20-22)11-12(18)3-4-14-15-5-6-17(21)19(15,2)10-8-16(14)18/h12,14-16,22H,3-11H2,1-2H3/t12?,14-,15-,16-,18-,19-/m0/s1. The Morgan fingerprint density at radius 1 is 1.05 bits per heavy atom. The third kappa shape index (κ3) is 1.80. The predicted octanol–water partition coefficient (Wildman–Crippen LogP) is 4.43. The third-order valence-corrected chi connectivity index (χ3v) is 8.35. The van der Waals surface area contributed by atoms with Gasteiger partial charge in [-0.1, -0.05) is 19.0 Å². The van der Waals surface area contributed by atoms with Gasteiger partial charge in [0.25, 0.3) is 0 Å². The molecule has 0 bridgehead atoms. The van der Waals surface area contributed by atoms with Crippen molar-refractivity contribution in [2.24, 2.45) is 39.7 Å². The van der Waals surface area contributed by atoms with Gasteiger partial charge in [0.05, 0.1) is 5.71 Å². The smallest absolute Gasteiger partial charge is 0.139 e. The number of hydrogen-bond acceptors (Lipinski definition) is 3. The first kappa shape index (κ1) is 14.7. The molecule has 4 aliphatic rings. The van der Waals surface area contributed by atoms with Crippen LogP contribution in [0.3, 0.4) is 0 Å². The number of carbonyl (C=O) groups is 1. The van der Waals surface area contributed by atoms with E-state index in [2.05, 4.69) is 19.0 Å². The molecular formula is C19H29NO2. The molecule has 0 aliphatic heterocycles. The Balaban J connectivity index is 1.63. The molecule has 6 atom stereocenters. The monoisotopic (exact) mass is 303 g/mol. The van der Waals surface area contributed by atoms with Gasteiger partial charge in [0.15, 0.2) is 0 Å². The predicted molar refractivity (Wildman–Crippen MR) is 86.0 cm³/mol. The number of nitrogens with zero attached hydrogens (tertiary/aromatic N) is 1. The molecule has 0 aromatic carbocycles. The molecule has 4 saturated carbocycles. The fourth-order valence-corrected chi connectivity index (χ4v) is 6.92. The molecule has 1 N–H and O–H groups in total. The lowest BCUT2D eigenvalue weighted by Gasteiger charge is -2.59. The van der Waals surface area contributed by atoms with Crippen LogP contribution >= 0.6 is 0 Å². The summed E-state index contributed by atoms with van der Waals surface area (Å²) in [6, 6.07) is 0. The topological polar surface area (TPSA) is 49.7 Å². The zero-order chi connectivity index (χ0) is 15.5. The van der Waals surface area contributed by atoms with Gasteiger partial charge in [-0.05, 0) is 80.5 Å². The number of oxime groups is 1. The molecule has 4 rings (SSSR count). The molecule has 0 saturated heterocycles. The van der Waals surface area contributed by atoms with Crippen LogP contribution in [0.4, 0.5) is 0 Å². The summed E-state index contributed by atoms with van der Waals surface area (Å²) < 4.78 is 0. The summed E-state index contributed by atoms with van der Waals surface area (Å²) >= 11 is 0. The zero-order valence-electron chi connectivity index (χ0n) is 14.0. The first-order valence-electron chi connectivity index (χ1n) is 9.22. The van der Waals surface area contributed by atoms with Gasteiger partial charge < -0.3 is 5.21 Å². The van der Waals surface area contributed by atoms with Gasteiger partial charge in [0.2, 0.25) is 0 Å². The van der Waals surface area contributed by atoms with Crippen LogP contribution in [0.25, 0.3) is 0 Å². The molecular weight excluding hydrogens is 274 g/mol. The molecule has 122 valence electrons. The lowest BCUT2D eigenvalue weighted by molar-refractivity contribution is -0.137. The van der Waals surface area contributed by atoms with E-state index in [1.807, 2.05) is 0 Å². The highest BCUT2D eigenvalue weighted by Crippen LogP contribution is 2.65. The second-order valence-electron chi connectivity index (χ2n) is 8.95. The van der Waals surface area contributed by atoms with E-state index in [9.17, 15) is 4.79 Å². The van der Waals surface area contributed by atoms with E-state index < -0.39 is 0 Å². The Kier molecular flexibility index (Phi) is 3.22. The zero-order valence-corrected chi connectivity index (χ0v) is 14.0. The molecule has 1 unspecified atom stereocenters. The van der Waals surface area contributed by atoms with Crippen LogP contribution in [0.1, 0.15) is 71.6 Å². The van der Waals surface area contributed by atoms with E-state index in [0.29, 0.717) is 23.0 Å². The van der Waals surface area contributed by atoms with Crippen LogP contribution in [-0.4, -0.2) is 16.7 Å². The Morgan fingerprint density at radius 3 is 2.64 bits per heavy atom. The van der Waals surface area contributed by atoms with Crippen LogP contribution in [0.15, 0.2) is 5.16 Å². The average Bonchev–Trinajstić information content (AvgIpc) is 2.82. The van der Waals surface area contributed by atoms with E-state index in [4.69, 9.17) is 5.21 Å². The quantitative estimate of drug-likeness (QED) is 0.531. The molecule has 0 amide bonds. The average molecular weight is 303 g/mol. The second kappa shape index (κ2) is 4.82. The third-order valence-electron chi connectivity index (χ3n) is 8.35. The van der Waals surface area contributed by atoms with E-state index in [1.165, 1.54) is 25.7 Å². The van der Waals surface area contributed by atoms with Crippen molar-refractivity contribution in [3.63, 3.8) is 0 Å². The molecule has 0 spiro atoms. The summed E-state index contributed by atoms with van der Waals surface area (Å²) in [5.74, 6) is 3.43. The van der Waals surface area contributed by atoms with Crippen LogP contribution in [0.5, 0.6) is 0 Å². The van der Waals surface area contributed by atoms with E-state index in [-0.39, 0.29) is 5.41 Å². The molecule has 22 heavy (non-hydrogen) atoms. The second-order valence-corrected chi connectivity index (χ2v) is 8.95.